The van der Waals surface area contributed by atoms with Crippen molar-refractivity contribution in [3.05, 3.63) is 35.6 Å². The third-order valence-electron chi connectivity index (χ3n) is 6.10. The SMILES string of the molecule is CCCCC(CC)C(=O)N1CCC2(CC1)SCCN2C(=O)c1cccc(F)c1. The molecule has 1 aromatic rings. The number of likely N-dealkylation sites (tertiary alicyclic amines) is 1. The number of thioether (sulfide) groups is 1. The monoisotopic (exact) mass is 406 g/mol. The first-order chi connectivity index (χ1) is 13.5. The molecule has 1 atom stereocenters. The molecule has 2 heterocycles. The van der Waals surface area contributed by atoms with Crippen LogP contribution in [0.5, 0.6) is 0 Å². The number of rotatable bonds is 6. The molecule has 2 fully saturated rings. The largest absolute Gasteiger partial charge is 0.342 e. The van der Waals surface area contributed by atoms with Crippen LogP contribution in [-0.4, -0.2) is 51.9 Å². The maximum Gasteiger partial charge on any atom is 0.255 e. The summed E-state index contributed by atoms with van der Waals surface area (Å²) < 4.78 is 13.6. The molecular weight excluding hydrogens is 375 g/mol. The highest BCUT2D eigenvalue weighted by Gasteiger charge is 2.47. The van der Waals surface area contributed by atoms with E-state index in [4.69, 9.17) is 0 Å². The molecule has 0 N–H and O–H groups in total. The highest BCUT2D eigenvalue weighted by atomic mass is 32.2. The van der Waals surface area contributed by atoms with Crippen LogP contribution in [-0.2, 0) is 4.79 Å². The van der Waals surface area contributed by atoms with Gasteiger partial charge in [-0.05, 0) is 43.9 Å². The molecule has 1 aromatic carbocycles. The quantitative estimate of drug-likeness (QED) is 0.696. The lowest BCUT2D eigenvalue weighted by Gasteiger charge is -2.44. The van der Waals surface area contributed by atoms with Gasteiger partial charge in [-0.25, -0.2) is 4.39 Å². The van der Waals surface area contributed by atoms with Crippen LogP contribution >= 0.6 is 11.8 Å². The zero-order chi connectivity index (χ0) is 20.1. The number of amides is 2. The van der Waals surface area contributed by atoms with Crippen molar-refractivity contribution in [2.45, 2.75) is 57.2 Å². The van der Waals surface area contributed by atoms with E-state index in [1.165, 1.54) is 12.1 Å². The van der Waals surface area contributed by atoms with Gasteiger partial charge in [0.1, 0.15) is 5.82 Å². The lowest BCUT2D eigenvalue weighted by atomic mass is 9.95. The maximum atomic E-state index is 13.6. The van der Waals surface area contributed by atoms with Gasteiger partial charge in [-0.2, -0.15) is 0 Å². The van der Waals surface area contributed by atoms with E-state index in [0.717, 1.165) is 44.3 Å². The standard InChI is InChI=1S/C22H31FN2O2S/c1-3-5-7-17(4-2)20(26)24-12-10-22(11-13-24)25(14-15-28-22)21(27)18-8-6-9-19(23)16-18/h6,8-9,16-17H,3-5,7,10-15H2,1-2H3. The topological polar surface area (TPSA) is 40.6 Å². The molecule has 6 heteroatoms. The van der Waals surface area contributed by atoms with Gasteiger partial charge in [-0.1, -0.05) is 32.8 Å². The molecule has 0 saturated carbocycles. The smallest absolute Gasteiger partial charge is 0.255 e. The number of unbranched alkanes of at least 4 members (excludes halogenated alkanes) is 1. The molecule has 2 aliphatic heterocycles. The van der Waals surface area contributed by atoms with E-state index in [2.05, 4.69) is 13.8 Å². The van der Waals surface area contributed by atoms with Crippen molar-refractivity contribution in [1.82, 2.24) is 9.80 Å². The molecule has 4 nitrogen and oxygen atoms in total. The van der Waals surface area contributed by atoms with E-state index in [0.29, 0.717) is 25.2 Å². The minimum atomic E-state index is -0.384. The molecule has 2 saturated heterocycles. The fraction of sp³-hybridized carbons (Fsp3) is 0.636. The van der Waals surface area contributed by atoms with Gasteiger partial charge in [-0.15, -0.1) is 11.8 Å². The van der Waals surface area contributed by atoms with Gasteiger partial charge in [0.2, 0.25) is 5.91 Å². The highest BCUT2D eigenvalue weighted by molar-refractivity contribution is 8.00. The molecule has 2 aliphatic rings. The Kier molecular flexibility index (Phi) is 7.02. The Hall–Kier alpha value is -1.56. The summed E-state index contributed by atoms with van der Waals surface area (Å²) in [5.41, 5.74) is 0.408. The highest BCUT2D eigenvalue weighted by Crippen LogP contribution is 2.44. The number of carbonyl (C=O) groups is 2. The lowest BCUT2D eigenvalue weighted by Crippen LogP contribution is -2.54. The number of halogens is 1. The van der Waals surface area contributed by atoms with Gasteiger partial charge in [0, 0.05) is 36.9 Å². The minimum absolute atomic E-state index is 0.0985. The molecule has 28 heavy (non-hydrogen) atoms. The number of nitrogens with zero attached hydrogens (tertiary/aromatic N) is 2. The molecule has 1 spiro atoms. The fourth-order valence-corrected chi connectivity index (χ4v) is 5.83. The van der Waals surface area contributed by atoms with Gasteiger partial charge >= 0.3 is 0 Å². The number of hydrogen-bond acceptors (Lipinski definition) is 3. The molecule has 0 bridgehead atoms. The number of piperidine rings is 1. The van der Waals surface area contributed by atoms with Crippen LogP contribution in [0, 0.1) is 11.7 Å². The summed E-state index contributed by atoms with van der Waals surface area (Å²) in [5.74, 6) is 0.805. The first-order valence-corrected chi connectivity index (χ1v) is 11.5. The van der Waals surface area contributed by atoms with Gasteiger partial charge in [-0.3, -0.25) is 9.59 Å². The summed E-state index contributed by atoms with van der Waals surface area (Å²) in [5, 5.41) is 0. The van der Waals surface area contributed by atoms with Crippen LogP contribution in [0.2, 0.25) is 0 Å². The van der Waals surface area contributed by atoms with Gasteiger partial charge in [0.25, 0.3) is 5.91 Å². The molecule has 154 valence electrons. The van der Waals surface area contributed by atoms with Gasteiger partial charge in [0.05, 0.1) is 4.87 Å². The first kappa shape index (κ1) is 21.2. The second-order valence-electron chi connectivity index (χ2n) is 7.83. The van der Waals surface area contributed by atoms with Crippen molar-refractivity contribution in [2.75, 3.05) is 25.4 Å². The third kappa shape index (κ3) is 4.37. The van der Waals surface area contributed by atoms with Crippen LogP contribution in [0.15, 0.2) is 24.3 Å². The van der Waals surface area contributed by atoms with Crippen molar-refractivity contribution >= 4 is 23.6 Å². The van der Waals surface area contributed by atoms with Crippen LogP contribution in [0.25, 0.3) is 0 Å². The number of benzene rings is 1. The summed E-state index contributed by atoms with van der Waals surface area (Å²) in [6.45, 7) is 6.32. The average molecular weight is 407 g/mol. The Bertz CT molecular complexity index is 704. The molecule has 0 aliphatic carbocycles. The normalized spacial score (nSPS) is 19.8. The summed E-state index contributed by atoms with van der Waals surface area (Å²) in [4.78, 5) is 29.6. The molecule has 0 aromatic heterocycles. The minimum Gasteiger partial charge on any atom is -0.342 e. The molecular formula is C22H31FN2O2S. The van der Waals surface area contributed by atoms with Crippen molar-refractivity contribution in [3.63, 3.8) is 0 Å². The summed E-state index contributed by atoms with van der Waals surface area (Å²) in [7, 11) is 0. The molecule has 2 amide bonds. The Balaban J connectivity index is 1.66. The number of carbonyl (C=O) groups excluding carboxylic acids is 2. The predicted molar refractivity (Wildman–Crippen MR) is 112 cm³/mol. The van der Waals surface area contributed by atoms with Crippen LogP contribution < -0.4 is 0 Å². The maximum absolute atomic E-state index is 13.6. The van der Waals surface area contributed by atoms with Crippen LogP contribution in [0.3, 0.4) is 0 Å². The van der Waals surface area contributed by atoms with Crippen molar-refractivity contribution in [2.24, 2.45) is 5.92 Å². The van der Waals surface area contributed by atoms with E-state index in [9.17, 15) is 14.0 Å². The van der Waals surface area contributed by atoms with E-state index >= 15 is 0 Å². The summed E-state index contributed by atoms with van der Waals surface area (Å²) in [6.07, 6.45) is 5.63. The second kappa shape index (κ2) is 9.29. The van der Waals surface area contributed by atoms with E-state index in [-0.39, 0.29) is 28.4 Å². The van der Waals surface area contributed by atoms with E-state index < -0.39 is 0 Å². The molecule has 0 radical (unpaired) electrons. The predicted octanol–water partition coefficient (Wildman–Crippen LogP) is 4.55. The van der Waals surface area contributed by atoms with Crippen molar-refractivity contribution < 1.29 is 14.0 Å². The zero-order valence-corrected chi connectivity index (χ0v) is 17.8. The summed E-state index contributed by atoms with van der Waals surface area (Å²) >= 11 is 1.82. The van der Waals surface area contributed by atoms with Crippen LogP contribution in [0.4, 0.5) is 4.39 Å². The van der Waals surface area contributed by atoms with E-state index in [1.807, 2.05) is 21.6 Å². The first-order valence-electron chi connectivity index (χ1n) is 10.5. The van der Waals surface area contributed by atoms with Gasteiger partial charge < -0.3 is 9.80 Å². The lowest BCUT2D eigenvalue weighted by molar-refractivity contribution is -0.137. The number of hydrogen-bond donors (Lipinski definition) is 0. The Morgan fingerprint density at radius 2 is 1.96 bits per heavy atom. The Labute approximate surface area is 171 Å². The van der Waals surface area contributed by atoms with E-state index in [1.54, 1.807) is 12.1 Å². The zero-order valence-electron chi connectivity index (χ0n) is 17.0. The Morgan fingerprint density at radius 3 is 2.61 bits per heavy atom. The van der Waals surface area contributed by atoms with Crippen LogP contribution in [0.1, 0.15) is 62.7 Å². The fourth-order valence-electron chi connectivity index (χ4n) is 4.37. The summed E-state index contributed by atoms with van der Waals surface area (Å²) in [6, 6.07) is 5.94. The Morgan fingerprint density at radius 1 is 1.21 bits per heavy atom. The third-order valence-corrected chi connectivity index (χ3v) is 7.65. The van der Waals surface area contributed by atoms with Crippen molar-refractivity contribution in [1.29, 1.82) is 0 Å². The van der Waals surface area contributed by atoms with Crippen molar-refractivity contribution in [3.8, 4) is 0 Å². The molecule has 1 unspecified atom stereocenters. The average Bonchev–Trinajstić information content (AvgIpc) is 3.11. The second-order valence-corrected chi connectivity index (χ2v) is 9.29. The molecule has 3 rings (SSSR count). The van der Waals surface area contributed by atoms with Gasteiger partial charge in [0.15, 0.2) is 0 Å².